The summed E-state index contributed by atoms with van der Waals surface area (Å²) >= 11 is 0. The van der Waals surface area contributed by atoms with Gasteiger partial charge in [-0.3, -0.25) is 4.79 Å². The van der Waals surface area contributed by atoms with Crippen molar-refractivity contribution in [1.29, 1.82) is 0 Å². The first kappa shape index (κ1) is 12.4. The van der Waals surface area contributed by atoms with Gasteiger partial charge in [-0.05, 0) is 13.3 Å². The van der Waals surface area contributed by atoms with Crippen molar-refractivity contribution in [3.8, 4) is 0 Å². The Labute approximate surface area is 90.5 Å². The zero-order valence-corrected chi connectivity index (χ0v) is 9.47. The number of hydrogen-bond acceptors (Lipinski definition) is 4. The van der Waals surface area contributed by atoms with Gasteiger partial charge in [0.2, 0.25) is 5.91 Å². The van der Waals surface area contributed by atoms with Gasteiger partial charge in [0.25, 0.3) is 0 Å². The first-order valence-electron chi connectivity index (χ1n) is 5.25. The second-order valence-corrected chi connectivity index (χ2v) is 4.08. The maximum Gasteiger partial charge on any atom is 0.234 e. The van der Waals surface area contributed by atoms with E-state index < -0.39 is 0 Å². The number of amides is 1. The van der Waals surface area contributed by atoms with Crippen LogP contribution in [-0.2, 0) is 14.3 Å². The summed E-state index contributed by atoms with van der Waals surface area (Å²) in [7, 11) is 1.64. The van der Waals surface area contributed by atoms with E-state index in [9.17, 15) is 4.79 Å². The number of ether oxygens (including phenoxy) is 2. The van der Waals surface area contributed by atoms with E-state index in [2.05, 4.69) is 10.6 Å². The fraction of sp³-hybridized carbons (Fsp3) is 0.900. The fourth-order valence-corrected chi connectivity index (χ4v) is 1.52. The van der Waals surface area contributed by atoms with Crippen LogP contribution in [0.2, 0.25) is 0 Å². The summed E-state index contributed by atoms with van der Waals surface area (Å²) in [4.78, 5) is 11.5. The third-order valence-electron chi connectivity index (χ3n) is 2.43. The van der Waals surface area contributed by atoms with E-state index in [0.717, 1.165) is 13.0 Å². The zero-order valence-electron chi connectivity index (χ0n) is 9.47. The standard InChI is InChI=1S/C10H20N2O3/c1-10(3-5-15-8-10)12-9(13)7-11-4-6-14-2/h11H,3-8H2,1-2H3,(H,12,13). The van der Waals surface area contributed by atoms with Crippen LogP contribution < -0.4 is 10.6 Å². The Morgan fingerprint density at radius 3 is 3.00 bits per heavy atom. The highest BCUT2D eigenvalue weighted by Gasteiger charge is 2.30. The van der Waals surface area contributed by atoms with Gasteiger partial charge in [-0.15, -0.1) is 0 Å². The summed E-state index contributed by atoms with van der Waals surface area (Å²) in [5, 5.41) is 5.96. The van der Waals surface area contributed by atoms with Crippen LogP contribution in [0.25, 0.3) is 0 Å². The third kappa shape index (κ3) is 4.59. The van der Waals surface area contributed by atoms with Gasteiger partial charge in [-0.2, -0.15) is 0 Å². The van der Waals surface area contributed by atoms with Crippen molar-refractivity contribution in [2.24, 2.45) is 0 Å². The molecule has 5 heteroatoms. The van der Waals surface area contributed by atoms with Crippen molar-refractivity contribution < 1.29 is 14.3 Å². The van der Waals surface area contributed by atoms with Crippen LogP contribution in [-0.4, -0.2) is 51.5 Å². The summed E-state index contributed by atoms with van der Waals surface area (Å²) in [6, 6.07) is 0. The Kier molecular flexibility index (Phi) is 5.01. The van der Waals surface area contributed by atoms with E-state index in [0.29, 0.717) is 26.3 Å². The van der Waals surface area contributed by atoms with E-state index in [1.54, 1.807) is 7.11 Å². The van der Waals surface area contributed by atoms with Gasteiger partial charge in [0.1, 0.15) is 0 Å². The molecule has 0 aliphatic carbocycles. The molecule has 1 atom stereocenters. The molecule has 1 rings (SSSR count). The molecule has 0 radical (unpaired) electrons. The van der Waals surface area contributed by atoms with Crippen molar-refractivity contribution in [1.82, 2.24) is 10.6 Å². The minimum absolute atomic E-state index is 0.0131. The molecule has 0 aromatic rings. The smallest absolute Gasteiger partial charge is 0.234 e. The van der Waals surface area contributed by atoms with Crippen LogP contribution >= 0.6 is 0 Å². The lowest BCUT2D eigenvalue weighted by Crippen LogP contribution is -2.49. The Morgan fingerprint density at radius 2 is 2.40 bits per heavy atom. The monoisotopic (exact) mass is 216 g/mol. The van der Waals surface area contributed by atoms with E-state index in [-0.39, 0.29) is 11.4 Å². The maximum atomic E-state index is 11.5. The Balaban J connectivity index is 2.12. The number of rotatable bonds is 6. The van der Waals surface area contributed by atoms with Crippen LogP contribution in [0, 0.1) is 0 Å². The lowest BCUT2D eigenvalue weighted by molar-refractivity contribution is -0.122. The molecular weight excluding hydrogens is 196 g/mol. The van der Waals surface area contributed by atoms with Crippen molar-refractivity contribution in [2.75, 3.05) is 40.0 Å². The molecule has 1 heterocycles. The van der Waals surface area contributed by atoms with E-state index in [1.165, 1.54) is 0 Å². The highest BCUT2D eigenvalue weighted by molar-refractivity contribution is 5.78. The van der Waals surface area contributed by atoms with Gasteiger partial charge < -0.3 is 20.1 Å². The summed E-state index contributed by atoms with van der Waals surface area (Å²) in [5.74, 6) is 0.0131. The molecule has 0 saturated carbocycles. The highest BCUT2D eigenvalue weighted by atomic mass is 16.5. The number of carbonyl (C=O) groups is 1. The van der Waals surface area contributed by atoms with Crippen LogP contribution in [0.5, 0.6) is 0 Å². The number of carbonyl (C=O) groups excluding carboxylic acids is 1. The number of nitrogens with one attached hydrogen (secondary N) is 2. The SMILES string of the molecule is COCCNCC(=O)NC1(C)CCOC1. The summed E-state index contributed by atoms with van der Waals surface area (Å²) < 4.78 is 10.1. The molecule has 1 fully saturated rings. The molecule has 15 heavy (non-hydrogen) atoms. The molecule has 1 aliphatic rings. The maximum absolute atomic E-state index is 11.5. The van der Waals surface area contributed by atoms with Crippen molar-refractivity contribution in [3.63, 3.8) is 0 Å². The average Bonchev–Trinajstić information content (AvgIpc) is 2.59. The Bertz CT molecular complexity index is 203. The average molecular weight is 216 g/mol. The van der Waals surface area contributed by atoms with Crippen LogP contribution in [0.4, 0.5) is 0 Å². The summed E-state index contributed by atoms with van der Waals surface area (Å²) in [6.45, 7) is 4.99. The quantitative estimate of drug-likeness (QED) is 0.589. The zero-order chi connectivity index (χ0) is 11.1. The number of hydrogen-bond donors (Lipinski definition) is 2. The molecule has 1 aliphatic heterocycles. The highest BCUT2D eigenvalue weighted by Crippen LogP contribution is 2.16. The van der Waals surface area contributed by atoms with E-state index in [4.69, 9.17) is 9.47 Å². The van der Waals surface area contributed by atoms with Crippen LogP contribution in [0.1, 0.15) is 13.3 Å². The summed E-state index contributed by atoms with van der Waals surface area (Å²) in [5.41, 5.74) is -0.181. The van der Waals surface area contributed by atoms with Gasteiger partial charge in [-0.1, -0.05) is 0 Å². The van der Waals surface area contributed by atoms with Crippen molar-refractivity contribution in [2.45, 2.75) is 18.9 Å². The van der Waals surface area contributed by atoms with Gasteiger partial charge in [0, 0.05) is 20.3 Å². The minimum Gasteiger partial charge on any atom is -0.383 e. The first-order chi connectivity index (χ1) is 7.16. The van der Waals surface area contributed by atoms with Crippen molar-refractivity contribution in [3.05, 3.63) is 0 Å². The Hall–Kier alpha value is -0.650. The molecule has 2 N–H and O–H groups in total. The molecule has 88 valence electrons. The molecule has 1 unspecified atom stereocenters. The second-order valence-electron chi connectivity index (χ2n) is 4.08. The largest absolute Gasteiger partial charge is 0.383 e. The Morgan fingerprint density at radius 1 is 1.60 bits per heavy atom. The molecule has 1 saturated heterocycles. The van der Waals surface area contributed by atoms with Gasteiger partial charge in [0.15, 0.2) is 0 Å². The van der Waals surface area contributed by atoms with Crippen LogP contribution in [0.15, 0.2) is 0 Å². The molecule has 0 aromatic heterocycles. The molecule has 0 aromatic carbocycles. The third-order valence-corrected chi connectivity index (χ3v) is 2.43. The summed E-state index contributed by atoms with van der Waals surface area (Å²) in [6.07, 6.45) is 0.886. The normalized spacial score (nSPS) is 25.5. The minimum atomic E-state index is -0.181. The molecule has 0 bridgehead atoms. The molecule has 1 amide bonds. The lowest BCUT2D eigenvalue weighted by atomic mass is 10.0. The number of methoxy groups -OCH3 is 1. The lowest BCUT2D eigenvalue weighted by Gasteiger charge is -2.23. The van der Waals surface area contributed by atoms with Crippen molar-refractivity contribution >= 4 is 5.91 Å². The van der Waals surface area contributed by atoms with Gasteiger partial charge in [0.05, 0.1) is 25.3 Å². The fourth-order valence-electron chi connectivity index (χ4n) is 1.52. The topological polar surface area (TPSA) is 59.6 Å². The van der Waals surface area contributed by atoms with Crippen LogP contribution in [0.3, 0.4) is 0 Å². The molecule has 0 spiro atoms. The van der Waals surface area contributed by atoms with Gasteiger partial charge in [-0.25, -0.2) is 0 Å². The predicted octanol–water partition coefficient (Wildman–Crippen LogP) is -0.482. The molecule has 5 nitrogen and oxygen atoms in total. The van der Waals surface area contributed by atoms with E-state index in [1.807, 2.05) is 6.92 Å². The first-order valence-corrected chi connectivity index (χ1v) is 5.25. The van der Waals surface area contributed by atoms with Gasteiger partial charge >= 0.3 is 0 Å². The molecular formula is C10H20N2O3. The van der Waals surface area contributed by atoms with E-state index >= 15 is 0 Å². The predicted molar refractivity (Wildman–Crippen MR) is 56.7 cm³/mol. The second kappa shape index (κ2) is 6.05.